The van der Waals surface area contributed by atoms with Crippen LogP contribution in [0.2, 0.25) is 0 Å². The number of fused-ring (bicyclic) bond motifs is 1. The van der Waals surface area contributed by atoms with Crippen molar-refractivity contribution in [3.05, 3.63) is 73.0 Å². The third-order valence-electron chi connectivity index (χ3n) is 6.38. The van der Waals surface area contributed by atoms with Crippen molar-refractivity contribution in [2.45, 2.75) is 38.3 Å². The molecule has 0 spiro atoms. The lowest BCUT2D eigenvalue weighted by Crippen LogP contribution is -2.10. The molecule has 1 saturated carbocycles. The highest BCUT2D eigenvalue weighted by Crippen LogP contribution is 2.37. The van der Waals surface area contributed by atoms with Gasteiger partial charge in [-0.25, -0.2) is 15.0 Å². The summed E-state index contributed by atoms with van der Waals surface area (Å²) in [5.41, 5.74) is 3.13. The fourth-order valence-corrected chi connectivity index (χ4v) is 4.35. The van der Waals surface area contributed by atoms with Gasteiger partial charge in [-0.05, 0) is 60.2 Å². The molecule has 1 aromatic carbocycles. The van der Waals surface area contributed by atoms with E-state index in [4.69, 9.17) is 0 Å². The normalized spacial score (nSPS) is 13.6. The number of aryl methyl sites for hydroxylation is 1. The van der Waals surface area contributed by atoms with E-state index in [0.717, 1.165) is 59.2 Å². The Labute approximate surface area is 205 Å². The first-order valence-electron chi connectivity index (χ1n) is 11.7. The summed E-state index contributed by atoms with van der Waals surface area (Å²) >= 11 is 0. The largest absolute Gasteiger partial charge is 0.416 e. The third kappa shape index (κ3) is 5.15. The predicted octanol–water partition coefficient (Wildman–Crippen LogP) is 6.56. The zero-order chi connectivity index (χ0) is 25.3. The Balaban J connectivity index is 1.55. The first kappa shape index (κ1) is 23.7. The molecule has 3 heterocycles. The molecule has 36 heavy (non-hydrogen) atoms. The van der Waals surface area contributed by atoms with Crippen LogP contribution in [-0.4, -0.2) is 25.8 Å². The quantitative estimate of drug-likeness (QED) is 0.273. The summed E-state index contributed by atoms with van der Waals surface area (Å²) in [5, 5.41) is 3.16. The van der Waals surface area contributed by atoms with Gasteiger partial charge in [0, 0.05) is 40.8 Å². The smallest absolute Gasteiger partial charge is 0.345 e. The van der Waals surface area contributed by atoms with Crippen LogP contribution in [0, 0.1) is 5.92 Å². The molecule has 1 fully saturated rings. The Kier molecular flexibility index (Phi) is 6.30. The van der Waals surface area contributed by atoms with Gasteiger partial charge in [-0.1, -0.05) is 25.8 Å². The second kappa shape index (κ2) is 9.56. The number of rotatable bonds is 8. The van der Waals surface area contributed by atoms with Gasteiger partial charge in [0.1, 0.15) is 12.0 Å². The molecule has 1 aliphatic rings. The van der Waals surface area contributed by atoms with E-state index in [1.165, 1.54) is 37.9 Å². The van der Waals surface area contributed by atoms with Crippen LogP contribution in [0.5, 0.6) is 0 Å². The molecule has 5 rings (SSSR count). The van der Waals surface area contributed by atoms with Crippen LogP contribution < -0.4 is 5.32 Å². The maximum Gasteiger partial charge on any atom is 0.416 e. The van der Waals surface area contributed by atoms with Gasteiger partial charge in [0.2, 0.25) is 5.91 Å². The van der Waals surface area contributed by atoms with Gasteiger partial charge in [0.05, 0.1) is 11.3 Å². The van der Waals surface area contributed by atoms with Gasteiger partial charge < -0.3 is 10.3 Å². The molecular weight excluding hydrogens is 467 g/mol. The highest BCUT2D eigenvalue weighted by atomic mass is 19.4. The second-order valence-corrected chi connectivity index (χ2v) is 9.04. The molecule has 1 aliphatic carbocycles. The lowest BCUT2D eigenvalue weighted by atomic mass is 9.99. The molecule has 0 atom stereocenters. The van der Waals surface area contributed by atoms with Crippen molar-refractivity contribution in [2.24, 2.45) is 5.92 Å². The van der Waals surface area contributed by atoms with E-state index in [9.17, 15) is 18.0 Å². The maximum absolute atomic E-state index is 13.6. The number of halogens is 3. The topological polar surface area (TPSA) is 83.6 Å². The zero-order valence-electron chi connectivity index (χ0n) is 19.4. The summed E-state index contributed by atoms with van der Waals surface area (Å²) in [4.78, 5) is 28.0. The molecule has 9 heteroatoms. The molecule has 6 nitrogen and oxygen atoms in total. The Bertz CT molecular complexity index is 1440. The molecule has 0 radical (unpaired) electrons. The first-order chi connectivity index (χ1) is 17.3. The van der Waals surface area contributed by atoms with Crippen LogP contribution in [0.1, 0.15) is 36.8 Å². The SMILES string of the molecule is C=CC(=O)Nc1cc(-c2cnc3[nH]cc(-c4ncncc4CCCC4CC4)c3c2)cc(C(F)(F)F)c1. The van der Waals surface area contributed by atoms with Crippen LogP contribution in [0.15, 0.2) is 61.8 Å². The number of anilines is 1. The van der Waals surface area contributed by atoms with E-state index in [1.54, 1.807) is 6.07 Å². The van der Waals surface area contributed by atoms with Gasteiger partial charge in [0.25, 0.3) is 0 Å². The lowest BCUT2D eigenvalue weighted by Gasteiger charge is -2.13. The maximum atomic E-state index is 13.6. The van der Waals surface area contributed by atoms with Crippen molar-refractivity contribution >= 4 is 22.6 Å². The van der Waals surface area contributed by atoms with E-state index < -0.39 is 17.6 Å². The molecule has 0 unspecified atom stereocenters. The zero-order valence-corrected chi connectivity index (χ0v) is 19.4. The number of H-pyrrole nitrogens is 1. The molecule has 0 aliphatic heterocycles. The van der Waals surface area contributed by atoms with Crippen LogP contribution in [0.4, 0.5) is 18.9 Å². The minimum Gasteiger partial charge on any atom is -0.345 e. The van der Waals surface area contributed by atoms with Crippen LogP contribution in [-0.2, 0) is 17.4 Å². The summed E-state index contributed by atoms with van der Waals surface area (Å²) in [6.45, 7) is 3.35. The average Bonchev–Trinajstić information content (AvgIpc) is 3.60. The summed E-state index contributed by atoms with van der Waals surface area (Å²) in [7, 11) is 0. The third-order valence-corrected chi connectivity index (χ3v) is 6.38. The van der Waals surface area contributed by atoms with Crippen molar-refractivity contribution in [1.29, 1.82) is 0 Å². The summed E-state index contributed by atoms with van der Waals surface area (Å²) in [6.07, 6.45) is 8.78. The summed E-state index contributed by atoms with van der Waals surface area (Å²) in [5.74, 6) is 0.242. The lowest BCUT2D eigenvalue weighted by molar-refractivity contribution is -0.137. The van der Waals surface area contributed by atoms with Gasteiger partial charge in [-0.15, -0.1) is 0 Å². The Morgan fingerprint density at radius 2 is 1.97 bits per heavy atom. The highest BCUT2D eigenvalue weighted by Gasteiger charge is 2.31. The minimum absolute atomic E-state index is 0.0212. The molecule has 1 amide bonds. The number of carbonyl (C=O) groups is 1. The van der Waals surface area contributed by atoms with Crippen molar-refractivity contribution < 1.29 is 18.0 Å². The van der Waals surface area contributed by atoms with E-state index in [1.807, 2.05) is 12.4 Å². The van der Waals surface area contributed by atoms with Crippen molar-refractivity contribution in [3.8, 4) is 22.4 Å². The number of amides is 1. The molecule has 3 aromatic heterocycles. The molecule has 184 valence electrons. The Morgan fingerprint density at radius 1 is 1.14 bits per heavy atom. The van der Waals surface area contributed by atoms with E-state index in [2.05, 4.69) is 31.8 Å². The molecule has 0 saturated heterocycles. The van der Waals surface area contributed by atoms with Crippen LogP contribution in [0.25, 0.3) is 33.4 Å². The minimum atomic E-state index is -4.59. The Hall–Kier alpha value is -4.01. The van der Waals surface area contributed by atoms with Gasteiger partial charge in [-0.3, -0.25) is 4.79 Å². The molecule has 0 bridgehead atoms. The standard InChI is InChI=1S/C27H24F3N5O/c1-2-24(36)35-21-9-18(8-20(11-21)27(28,29)30)19-10-22-23(14-33-26(22)32-13-19)25-17(12-31-15-34-25)5-3-4-16-6-7-16/h2,8-16H,1,3-7H2,(H,32,33)(H,35,36). The number of alkyl halides is 3. The highest BCUT2D eigenvalue weighted by molar-refractivity contribution is 6.00. The number of aromatic amines is 1. The number of nitrogens with one attached hydrogen (secondary N) is 2. The predicted molar refractivity (Wildman–Crippen MR) is 132 cm³/mol. The summed E-state index contributed by atoms with van der Waals surface area (Å²) in [6, 6.07) is 5.22. The van der Waals surface area contributed by atoms with Gasteiger partial charge in [-0.2, -0.15) is 13.2 Å². The fourth-order valence-electron chi connectivity index (χ4n) is 4.35. The van der Waals surface area contributed by atoms with Crippen LogP contribution in [0.3, 0.4) is 0 Å². The summed E-state index contributed by atoms with van der Waals surface area (Å²) < 4.78 is 40.8. The van der Waals surface area contributed by atoms with E-state index in [0.29, 0.717) is 11.2 Å². The number of carbonyl (C=O) groups excluding carboxylic acids is 1. The first-order valence-corrected chi connectivity index (χ1v) is 11.7. The number of hydrogen-bond donors (Lipinski definition) is 2. The number of hydrogen-bond acceptors (Lipinski definition) is 4. The monoisotopic (exact) mass is 491 g/mol. The van der Waals surface area contributed by atoms with Gasteiger partial charge >= 0.3 is 6.18 Å². The van der Waals surface area contributed by atoms with E-state index in [-0.39, 0.29) is 11.3 Å². The van der Waals surface area contributed by atoms with Gasteiger partial charge in [0.15, 0.2) is 0 Å². The van der Waals surface area contributed by atoms with E-state index >= 15 is 0 Å². The number of nitrogens with zero attached hydrogens (tertiary/aromatic N) is 3. The van der Waals surface area contributed by atoms with Crippen molar-refractivity contribution in [2.75, 3.05) is 5.32 Å². The van der Waals surface area contributed by atoms with Crippen molar-refractivity contribution in [1.82, 2.24) is 19.9 Å². The molecule has 4 aromatic rings. The Morgan fingerprint density at radius 3 is 2.72 bits per heavy atom. The number of aromatic nitrogens is 4. The average molecular weight is 492 g/mol. The number of pyridine rings is 1. The van der Waals surface area contributed by atoms with Crippen molar-refractivity contribution in [3.63, 3.8) is 0 Å². The second-order valence-electron chi connectivity index (χ2n) is 9.04. The molecular formula is C27H24F3N5O. The van der Waals surface area contributed by atoms with Crippen LogP contribution >= 0.6 is 0 Å². The molecule has 2 N–H and O–H groups in total. The fraction of sp³-hybridized carbons (Fsp3) is 0.259. The number of benzene rings is 1.